The molecule has 1 aromatic rings. The van der Waals surface area contributed by atoms with Gasteiger partial charge in [0.2, 0.25) is 0 Å². The van der Waals surface area contributed by atoms with Crippen molar-refractivity contribution in [1.29, 1.82) is 0 Å². The largest absolute Gasteiger partial charge is 0.370 e. The fourth-order valence-corrected chi connectivity index (χ4v) is 3.67. The first kappa shape index (κ1) is 13.8. The minimum Gasteiger partial charge on any atom is -0.370 e. The molecule has 0 amide bonds. The molecule has 100 valence electrons. The molecule has 0 spiro atoms. The molecule has 0 fully saturated rings. The lowest BCUT2D eigenvalue weighted by atomic mass is 9.87. The van der Waals surface area contributed by atoms with Gasteiger partial charge in [-0.15, -0.1) is 11.8 Å². The van der Waals surface area contributed by atoms with Crippen molar-refractivity contribution < 1.29 is 0 Å². The highest BCUT2D eigenvalue weighted by atomic mass is 32.2. The predicted octanol–water partition coefficient (Wildman–Crippen LogP) is 3.24. The standard InChI is InChI=1S/C15H24N2S/c1-10-14(9-16)18-13-8-11(15(2,3)4)6-7-12(13)17(10)5/h6-8,10,14H,9,16H2,1-5H3. The number of hydrogen-bond acceptors (Lipinski definition) is 3. The lowest BCUT2D eigenvalue weighted by Gasteiger charge is -2.39. The second kappa shape index (κ2) is 4.78. The zero-order valence-corrected chi connectivity index (χ0v) is 12.8. The number of nitrogens with two attached hydrogens (primary N) is 1. The van der Waals surface area contributed by atoms with E-state index in [0.717, 1.165) is 6.54 Å². The monoisotopic (exact) mass is 264 g/mol. The molecule has 2 N–H and O–H groups in total. The van der Waals surface area contributed by atoms with Gasteiger partial charge in [0, 0.05) is 29.8 Å². The summed E-state index contributed by atoms with van der Waals surface area (Å²) in [6.45, 7) is 9.76. The third-order valence-electron chi connectivity index (χ3n) is 3.87. The van der Waals surface area contributed by atoms with Crippen LogP contribution in [0.15, 0.2) is 23.1 Å². The molecular formula is C15H24N2S. The predicted molar refractivity (Wildman–Crippen MR) is 81.7 cm³/mol. The lowest BCUT2D eigenvalue weighted by Crippen LogP contribution is -2.44. The van der Waals surface area contributed by atoms with E-state index in [1.807, 2.05) is 11.8 Å². The molecule has 0 radical (unpaired) electrons. The second-order valence-electron chi connectivity index (χ2n) is 6.18. The molecule has 1 aromatic carbocycles. The van der Waals surface area contributed by atoms with Gasteiger partial charge in [-0.25, -0.2) is 0 Å². The molecule has 0 saturated heterocycles. The van der Waals surface area contributed by atoms with Crippen LogP contribution in [0.4, 0.5) is 5.69 Å². The first-order chi connectivity index (χ1) is 8.34. The summed E-state index contributed by atoms with van der Waals surface area (Å²) in [5, 5.41) is 0.484. The van der Waals surface area contributed by atoms with E-state index in [4.69, 9.17) is 5.73 Å². The maximum Gasteiger partial charge on any atom is 0.0504 e. The van der Waals surface area contributed by atoms with Gasteiger partial charge in [-0.05, 0) is 30.0 Å². The van der Waals surface area contributed by atoms with Gasteiger partial charge in [0.15, 0.2) is 0 Å². The van der Waals surface area contributed by atoms with Crippen molar-refractivity contribution in [3.63, 3.8) is 0 Å². The Hall–Kier alpha value is -0.670. The minimum atomic E-state index is 0.204. The van der Waals surface area contributed by atoms with Crippen molar-refractivity contribution in [1.82, 2.24) is 0 Å². The zero-order chi connectivity index (χ0) is 13.5. The third-order valence-corrected chi connectivity index (χ3v) is 5.34. The summed E-state index contributed by atoms with van der Waals surface area (Å²) in [6, 6.07) is 7.34. The molecule has 0 aliphatic carbocycles. The van der Waals surface area contributed by atoms with Gasteiger partial charge >= 0.3 is 0 Å². The highest BCUT2D eigenvalue weighted by Crippen LogP contribution is 2.42. The number of nitrogens with zero attached hydrogens (tertiary/aromatic N) is 1. The van der Waals surface area contributed by atoms with Crippen molar-refractivity contribution in [2.45, 2.75) is 49.3 Å². The highest BCUT2D eigenvalue weighted by molar-refractivity contribution is 8.00. The molecular weight excluding hydrogens is 240 g/mol. The first-order valence-electron chi connectivity index (χ1n) is 6.58. The quantitative estimate of drug-likeness (QED) is 0.844. The van der Waals surface area contributed by atoms with Gasteiger partial charge in [-0.2, -0.15) is 0 Å². The normalized spacial score (nSPS) is 24.0. The van der Waals surface area contributed by atoms with E-state index < -0.39 is 0 Å². The average molecular weight is 264 g/mol. The van der Waals surface area contributed by atoms with E-state index in [2.05, 4.69) is 57.8 Å². The van der Waals surface area contributed by atoms with E-state index in [1.165, 1.54) is 16.1 Å². The Labute approximate surface area is 115 Å². The number of fused-ring (bicyclic) bond motifs is 1. The minimum absolute atomic E-state index is 0.204. The first-order valence-corrected chi connectivity index (χ1v) is 7.46. The Morgan fingerprint density at radius 2 is 2.00 bits per heavy atom. The summed E-state index contributed by atoms with van der Waals surface area (Å²) < 4.78 is 0. The van der Waals surface area contributed by atoms with Gasteiger partial charge in [-0.3, -0.25) is 0 Å². The van der Waals surface area contributed by atoms with Crippen LogP contribution in [-0.2, 0) is 5.41 Å². The molecule has 0 bridgehead atoms. The molecule has 18 heavy (non-hydrogen) atoms. The molecule has 2 unspecified atom stereocenters. The Morgan fingerprint density at radius 3 is 2.56 bits per heavy atom. The van der Waals surface area contributed by atoms with Gasteiger partial charge in [0.25, 0.3) is 0 Å². The summed E-state index contributed by atoms with van der Waals surface area (Å²) in [6.07, 6.45) is 0. The number of benzene rings is 1. The Balaban J connectivity index is 2.42. The maximum atomic E-state index is 5.89. The molecule has 1 aliphatic rings. The number of anilines is 1. The van der Waals surface area contributed by atoms with Crippen molar-refractivity contribution >= 4 is 17.4 Å². The van der Waals surface area contributed by atoms with Crippen LogP contribution in [0.25, 0.3) is 0 Å². The molecule has 2 atom stereocenters. The summed E-state index contributed by atoms with van der Waals surface area (Å²) in [5.41, 5.74) is 8.83. The molecule has 2 nitrogen and oxygen atoms in total. The van der Waals surface area contributed by atoms with E-state index in [9.17, 15) is 0 Å². The lowest BCUT2D eigenvalue weighted by molar-refractivity contribution is 0.586. The fraction of sp³-hybridized carbons (Fsp3) is 0.600. The number of thioether (sulfide) groups is 1. The third kappa shape index (κ3) is 2.39. The van der Waals surface area contributed by atoms with E-state index in [1.54, 1.807) is 0 Å². The zero-order valence-electron chi connectivity index (χ0n) is 12.0. The van der Waals surface area contributed by atoms with Crippen LogP contribution in [0.1, 0.15) is 33.3 Å². The smallest absolute Gasteiger partial charge is 0.0504 e. The maximum absolute atomic E-state index is 5.89. The molecule has 0 saturated carbocycles. The molecule has 1 heterocycles. The van der Waals surface area contributed by atoms with Crippen LogP contribution >= 0.6 is 11.8 Å². The summed E-state index contributed by atoms with van der Waals surface area (Å²) in [4.78, 5) is 3.73. The van der Waals surface area contributed by atoms with Crippen molar-refractivity contribution in [2.24, 2.45) is 5.73 Å². The van der Waals surface area contributed by atoms with Gasteiger partial charge in [-0.1, -0.05) is 26.8 Å². The molecule has 1 aliphatic heterocycles. The number of hydrogen-bond donors (Lipinski definition) is 1. The van der Waals surface area contributed by atoms with E-state index in [-0.39, 0.29) is 5.41 Å². The number of rotatable bonds is 1. The van der Waals surface area contributed by atoms with Crippen LogP contribution in [0, 0.1) is 0 Å². The summed E-state index contributed by atoms with van der Waals surface area (Å²) in [5.74, 6) is 0. The second-order valence-corrected chi connectivity index (χ2v) is 7.46. The topological polar surface area (TPSA) is 29.3 Å². The molecule has 3 heteroatoms. The average Bonchev–Trinajstić information content (AvgIpc) is 2.32. The van der Waals surface area contributed by atoms with Gasteiger partial charge in [0.1, 0.15) is 0 Å². The van der Waals surface area contributed by atoms with Crippen LogP contribution in [0.5, 0.6) is 0 Å². The summed E-state index contributed by atoms with van der Waals surface area (Å²) in [7, 11) is 2.17. The van der Waals surface area contributed by atoms with E-state index >= 15 is 0 Å². The van der Waals surface area contributed by atoms with Crippen LogP contribution in [-0.4, -0.2) is 24.9 Å². The summed E-state index contributed by atoms with van der Waals surface area (Å²) >= 11 is 1.93. The van der Waals surface area contributed by atoms with Crippen LogP contribution in [0.2, 0.25) is 0 Å². The molecule has 0 aromatic heterocycles. The van der Waals surface area contributed by atoms with Gasteiger partial charge in [0.05, 0.1) is 5.69 Å². The highest BCUT2D eigenvalue weighted by Gasteiger charge is 2.29. The van der Waals surface area contributed by atoms with Crippen LogP contribution in [0.3, 0.4) is 0 Å². The fourth-order valence-electron chi connectivity index (χ4n) is 2.34. The Morgan fingerprint density at radius 1 is 1.33 bits per heavy atom. The van der Waals surface area contributed by atoms with Gasteiger partial charge < -0.3 is 10.6 Å². The molecule has 2 rings (SSSR count). The Bertz CT molecular complexity index is 437. The van der Waals surface area contributed by atoms with Crippen molar-refractivity contribution in [3.8, 4) is 0 Å². The van der Waals surface area contributed by atoms with Crippen molar-refractivity contribution in [3.05, 3.63) is 23.8 Å². The Kier molecular flexibility index (Phi) is 3.65. The van der Waals surface area contributed by atoms with E-state index in [0.29, 0.717) is 11.3 Å². The van der Waals surface area contributed by atoms with Crippen molar-refractivity contribution in [2.75, 3.05) is 18.5 Å². The SMILES string of the molecule is CC1C(CN)Sc2cc(C(C)(C)C)ccc2N1C. The van der Waals surface area contributed by atoms with Crippen LogP contribution < -0.4 is 10.6 Å².